The van der Waals surface area contributed by atoms with Crippen LogP contribution in [0.25, 0.3) is 0 Å². The maximum atomic E-state index is 12.7. The van der Waals surface area contributed by atoms with Crippen molar-refractivity contribution in [1.29, 1.82) is 0 Å². The Labute approximate surface area is 157 Å². The molecule has 0 radical (unpaired) electrons. The van der Waals surface area contributed by atoms with Crippen LogP contribution in [0.4, 0.5) is 11.4 Å². The average Bonchev–Trinajstić information content (AvgIpc) is 3.00. The molecule has 0 aromatic heterocycles. The molecule has 1 amide bonds. The Balaban J connectivity index is 1.86. The maximum absolute atomic E-state index is 12.7. The first kappa shape index (κ1) is 18.7. The van der Waals surface area contributed by atoms with Gasteiger partial charge in [0.25, 0.3) is 15.9 Å². The van der Waals surface area contributed by atoms with Crippen molar-refractivity contribution >= 4 is 38.9 Å². The second-order valence-corrected chi connectivity index (χ2v) is 8.17. The largest absolute Gasteiger partial charge is 0.375 e. The SMILES string of the molecule is COCC(=O)N1CCc2cc(NS(=O)(=O)c3cc(Cl)ccc3C)ccc21. The molecule has 2 aromatic rings. The van der Waals surface area contributed by atoms with Crippen molar-refractivity contribution in [1.82, 2.24) is 0 Å². The minimum absolute atomic E-state index is 0.0157. The van der Waals surface area contributed by atoms with Crippen molar-refractivity contribution in [2.45, 2.75) is 18.2 Å². The molecule has 1 aliphatic rings. The van der Waals surface area contributed by atoms with Gasteiger partial charge in [-0.3, -0.25) is 9.52 Å². The number of aryl methyl sites for hydroxylation is 1. The van der Waals surface area contributed by atoms with Crippen LogP contribution in [0.5, 0.6) is 0 Å². The Hall–Kier alpha value is -2.09. The van der Waals surface area contributed by atoms with Gasteiger partial charge in [0.15, 0.2) is 0 Å². The summed E-state index contributed by atoms with van der Waals surface area (Å²) in [5.74, 6) is -0.117. The molecule has 26 heavy (non-hydrogen) atoms. The number of carbonyl (C=O) groups is 1. The van der Waals surface area contributed by atoms with Gasteiger partial charge < -0.3 is 9.64 Å². The van der Waals surface area contributed by atoms with E-state index in [1.807, 2.05) is 0 Å². The molecule has 0 saturated heterocycles. The van der Waals surface area contributed by atoms with Crippen molar-refractivity contribution in [3.63, 3.8) is 0 Å². The van der Waals surface area contributed by atoms with Gasteiger partial charge >= 0.3 is 0 Å². The molecule has 0 saturated carbocycles. The van der Waals surface area contributed by atoms with Gasteiger partial charge in [0.1, 0.15) is 6.61 Å². The number of benzene rings is 2. The van der Waals surface area contributed by atoms with Crippen LogP contribution in [0.3, 0.4) is 0 Å². The molecule has 0 aliphatic carbocycles. The highest BCUT2D eigenvalue weighted by Gasteiger charge is 2.25. The Morgan fingerprint density at radius 1 is 1.27 bits per heavy atom. The predicted octanol–water partition coefficient (Wildman–Crippen LogP) is 2.98. The molecule has 1 aliphatic heterocycles. The molecule has 1 heterocycles. The molecule has 0 atom stereocenters. The molecule has 0 fully saturated rings. The number of sulfonamides is 1. The van der Waals surface area contributed by atoms with E-state index in [2.05, 4.69) is 4.72 Å². The third kappa shape index (κ3) is 3.70. The number of fused-ring (bicyclic) bond motifs is 1. The first-order valence-electron chi connectivity index (χ1n) is 8.03. The number of amides is 1. The summed E-state index contributed by atoms with van der Waals surface area (Å²) in [6.07, 6.45) is 0.663. The van der Waals surface area contributed by atoms with E-state index in [0.29, 0.717) is 29.2 Å². The van der Waals surface area contributed by atoms with Crippen LogP contribution in [0, 0.1) is 6.92 Å². The van der Waals surface area contributed by atoms with Crippen LogP contribution in [0.1, 0.15) is 11.1 Å². The van der Waals surface area contributed by atoms with E-state index in [9.17, 15) is 13.2 Å². The van der Waals surface area contributed by atoms with Crippen molar-refractivity contribution in [2.24, 2.45) is 0 Å². The summed E-state index contributed by atoms with van der Waals surface area (Å²) in [6.45, 7) is 2.29. The molecule has 8 heteroatoms. The number of methoxy groups -OCH3 is 1. The van der Waals surface area contributed by atoms with Crippen molar-refractivity contribution < 1.29 is 17.9 Å². The Morgan fingerprint density at radius 3 is 2.77 bits per heavy atom. The molecule has 0 bridgehead atoms. The molecule has 2 aromatic carbocycles. The second-order valence-electron chi connectivity index (χ2n) is 6.09. The highest BCUT2D eigenvalue weighted by molar-refractivity contribution is 7.92. The maximum Gasteiger partial charge on any atom is 0.262 e. The zero-order chi connectivity index (χ0) is 18.9. The first-order chi connectivity index (χ1) is 12.3. The summed E-state index contributed by atoms with van der Waals surface area (Å²) in [6, 6.07) is 9.90. The Morgan fingerprint density at radius 2 is 2.04 bits per heavy atom. The van der Waals surface area contributed by atoms with E-state index in [4.69, 9.17) is 16.3 Å². The van der Waals surface area contributed by atoms with Crippen molar-refractivity contribution in [2.75, 3.05) is 29.9 Å². The lowest BCUT2D eigenvalue weighted by atomic mass is 10.1. The summed E-state index contributed by atoms with van der Waals surface area (Å²) in [5.41, 5.74) is 2.76. The Kier molecular flexibility index (Phi) is 5.22. The first-order valence-corrected chi connectivity index (χ1v) is 9.89. The van der Waals surface area contributed by atoms with Gasteiger partial charge in [-0.2, -0.15) is 0 Å². The fraction of sp³-hybridized carbons (Fsp3) is 0.278. The molecule has 6 nitrogen and oxygen atoms in total. The molecular formula is C18H19ClN2O4S. The zero-order valence-electron chi connectivity index (χ0n) is 14.5. The van der Waals surface area contributed by atoms with Crippen LogP contribution in [0.2, 0.25) is 5.02 Å². The van der Waals surface area contributed by atoms with Crippen LogP contribution in [-0.4, -0.2) is 34.6 Å². The number of halogens is 1. The third-order valence-electron chi connectivity index (χ3n) is 4.24. The third-order valence-corrected chi connectivity index (χ3v) is 5.99. The number of rotatable bonds is 5. The summed E-state index contributed by atoms with van der Waals surface area (Å²) < 4.78 is 32.8. The molecule has 138 valence electrons. The number of hydrogen-bond acceptors (Lipinski definition) is 4. The van der Waals surface area contributed by atoms with Crippen LogP contribution in [0.15, 0.2) is 41.3 Å². The monoisotopic (exact) mass is 394 g/mol. The molecule has 0 spiro atoms. The van der Waals surface area contributed by atoms with Crippen LogP contribution >= 0.6 is 11.6 Å². The summed E-state index contributed by atoms with van der Waals surface area (Å²) >= 11 is 5.93. The van der Waals surface area contributed by atoms with Gasteiger partial charge in [0.05, 0.1) is 4.90 Å². The van der Waals surface area contributed by atoms with E-state index in [0.717, 1.165) is 11.3 Å². The number of nitrogens with zero attached hydrogens (tertiary/aromatic N) is 1. The normalized spacial score (nSPS) is 13.6. The number of nitrogens with one attached hydrogen (secondary N) is 1. The summed E-state index contributed by atoms with van der Waals surface area (Å²) in [4.78, 5) is 13.8. The standard InChI is InChI=1S/C18H19ClN2O4S/c1-12-3-4-14(19)10-17(12)26(23,24)20-15-5-6-16-13(9-15)7-8-21(16)18(22)11-25-2/h3-6,9-10,20H,7-8,11H2,1-2H3. The van der Waals surface area contributed by atoms with Gasteiger partial charge in [-0.15, -0.1) is 0 Å². The average molecular weight is 395 g/mol. The number of carbonyl (C=O) groups excluding carboxylic acids is 1. The minimum atomic E-state index is -3.76. The van der Waals surface area contributed by atoms with Crippen molar-refractivity contribution in [3.05, 3.63) is 52.5 Å². The molecule has 0 unspecified atom stereocenters. The highest BCUT2D eigenvalue weighted by Crippen LogP contribution is 2.31. The topological polar surface area (TPSA) is 75.7 Å². The zero-order valence-corrected chi connectivity index (χ0v) is 16.0. The quantitative estimate of drug-likeness (QED) is 0.845. The second kappa shape index (κ2) is 7.26. The van der Waals surface area contributed by atoms with E-state index in [-0.39, 0.29) is 17.4 Å². The lowest BCUT2D eigenvalue weighted by Gasteiger charge is -2.17. The predicted molar refractivity (Wildman–Crippen MR) is 101 cm³/mol. The lowest BCUT2D eigenvalue weighted by molar-refractivity contribution is -0.122. The number of ether oxygens (including phenoxy) is 1. The number of anilines is 2. The van der Waals surface area contributed by atoms with E-state index in [1.54, 1.807) is 42.2 Å². The lowest BCUT2D eigenvalue weighted by Crippen LogP contribution is -2.31. The fourth-order valence-corrected chi connectivity index (χ4v) is 4.56. The van der Waals surface area contributed by atoms with Crippen LogP contribution < -0.4 is 9.62 Å². The van der Waals surface area contributed by atoms with Gasteiger partial charge in [0, 0.05) is 30.1 Å². The molecular weight excluding hydrogens is 376 g/mol. The number of hydrogen-bond donors (Lipinski definition) is 1. The van der Waals surface area contributed by atoms with E-state index >= 15 is 0 Å². The van der Waals surface area contributed by atoms with Gasteiger partial charge in [-0.05, 0) is 54.8 Å². The summed E-state index contributed by atoms with van der Waals surface area (Å²) in [5, 5.41) is 0.359. The smallest absolute Gasteiger partial charge is 0.262 e. The van der Waals surface area contributed by atoms with E-state index in [1.165, 1.54) is 13.2 Å². The molecule has 3 rings (SSSR count). The summed E-state index contributed by atoms with van der Waals surface area (Å²) in [7, 11) is -2.28. The minimum Gasteiger partial charge on any atom is -0.375 e. The van der Waals surface area contributed by atoms with Crippen molar-refractivity contribution in [3.8, 4) is 0 Å². The van der Waals surface area contributed by atoms with Crippen LogP contribution in [-0.2, 0) is 26.0 Å². The fourth-order valence-electron chi connectivity index (χ4n) is 3.00. The van der Waals surface area contributed by atoms with Gasteiger partial charge in [-0.25, -0.2) is 8.42 Å². The van der Waals surface area contributed by atoms with Gasteiger partial charge in [-0.1, -0.05) is 17.7 Å². The molecule has 1 N–H and O–H groups in total. The van der Waals surface area contributed by atoms with Gasteiger partial charge in [0.2, 0.25) is 0 Å². The Bertz CT molecular complexity index is 960. The van der Waals surface area contributed by atoms with E-state index < -0.39 is 10.0 Å². The highest BCUT2D eigenvalue weighted by atomic mass is 35.5.